The van der Waals surface area contributed by atoms with E-state index in [9.17, 15) is 0 Å². The first-order valence-electron chi connectivity index (χ1n) is 5.57. The molecule has 0 aromatic heterocycles. The van der Waals surface area contributed by atoms with Gasteiger partial charge in [0, 0.05) is 16.7 Å². The summed E-state index contributed by atoms with van der Waals surface area (Å²) in [5.41, 5.74) is 0. The Morgan fingerprint density at radius 1 is 1.25 bits per heavy atom. The fourth-order valence-corrected chi connectivity index (χ4v) is 3.66. The number of thioether (sulfide) groups is 1. The summed E-state index contributed by atoms with van der Waals surface area (Å²) in [7, 11) is 0. The third-order valence-electron chi connectivity index (χ3n) is 2.76. The molecule has 0 saturated carbocycles. The molecule has 0 spiro atoms. The van der Waals surface area contributed by atoms with Gasteiger partial charge in [0.15, 0.2) is 0 Å². The molecule has 1 saturated heterocycles. The first-order chi connectivity index (χ1) is 7.77. The van der Waals surface area contributed by atoms with Gasteiger partial charge in [-0.25, -0.2) is 0 Å². The lowest BCUT2D eigenvalue weighted by Gasteiger charge is -2.23. The molecule has 0 radical (unpaired) electrons. The van der Waals surface area contributed by atoms with Crippen LogP contribution in [0, 0.1) is 0 Å². The Labute approximate surface area is 111 Å². The highest BCUT2D eigenvalue weighted by molar-refractivity contribution is 7.99. The molecule has 1 aromatic rings. The summed E-state index contributed by atoms with van der Waals surface area (Å²) in [5.74, 6) is 1.05. The fourth-order valence-electron chi connectivity index (χ4n) is 1.87. The van der Waals surface area contributed by atoms with Gasteiger partial charge in [-0.2, -0.15) is 0 Å². The van der Waals surface area contributed by atoms with Crippen LogP contribution in [-0.4, -0.2) is 18.3 Å². The zero-order valence-electron chi connectivity index (χ0n) is 9.01. The van der Waals surface area contributed by atoms with Crippen LogP contribution in [-0.2, 0) is 0 Å². The van der Waals surface area contributed by atoms with Crippen LogP contribution < -0.4 is 5.32 Å². The highest BCUT2D eigenvalue weighted by Gasteiger charge is 2.14. The first kappa shape index (κ1) is 12.6. The van der Waals surface area contributed by atoms with Crippen LogP contribution >= 0.6 is 35.0 Å². The minimum Gasteiger partial charge on any atom is -0.313 e. The molecular weight excluding hydrogens is 261 g/mol. The fraction of sp³-hybridized carbons (Fsp3) is 0.500. The molecule has 0 amide bonds. The monoisotopic (exact) mass is 275 g/mol. The summed E-state index contributed by atoms with van der Waals surface area (Å²) in [4.78, 5) is 1.01. The number of piperidine rings is 1. The van der Waals surface area contributed by atoms with Crippen LogP contribution in [0.3, 0.4) is 0 Å². The molecule has 0 aliphatic carbocycles. The van der Waals surface area contributed by atoms with Crippen molar-refractivity contribution in [3.63, 3.8) is 0 Å². The van der Waals surface area contributed by atoms with Crippen LogP contribution in [0.15, 0.2) is 23.1 Å². The summed E-state index contributed by atoms with van der Waals surface area (Å²) in [6, 6.07) is 6.27. The smallest absolute Gasteiger partial charge is 0.0556 e. The molecule has 0 unspecified atom stereocenters. The second kappa shape index (κ2) is 6.15. The zero-order chi connectivity index (χ0) is 11.4. The lowest BCUT2D eigenvalue weighted by molar-refractivity contribution is 0.430. The molecule has 1 N–H and O–H groups in total. The summed E-state index contributed by atoms with van der Waals surface area (Å²) in [5, 5.41) is 5.04. The van der Waals surface area contributed by atoms with Crippen LogP contribution in [0.25, 0.3) is 0 Å². The van der Waals surface area contributed by atoms with Gasteiger partial charge in [0.25, 0.3) is 0 Å². The summed E-state index contributed by atoms with van der Waals surface area (Å²) >= 11 is 14.0. The normalized spacial score (nSPS) is 21.0. The van der Waals surface area contributed by atoms with Gasteiger partial charge >= 0.3 is 0 Å². The summed E-state index contributed by atoms with van der Waals surface area (Å²) in [6.07, 6.45) is 3.89. The molecule has 2 rings (SSSR count). The van der Waals surface area contributed by atoms with Crippen molar-refractivity contribution in [2.24, 2.45) is 0 Å². The SMILES string of the molecule is Clc1cccc(Cl)c1SC[C@@H]1CCCCN1. The highest BCUT2D eigenvalue weighted by atomic mass is 35.5. The molecule has 88 valence electrons. The van der Waals surface area contributed by atoms with Gasteiger partial charge in [-0.15, -0.1) is 11.8 Å². The van der Waals surface area contributed by atoms with Crippen molar-refractivity contribution in [1.82, 2.24) is 5.32 Å². The Balaban J connectivity index is 1.93. The Morgan fingerprint density at radius 2 is 2.00 bits per heavy atom. The van der Waals surface area contributed by atoms with Crippen molar-refractivity contribution in [3.8, 4) is 0 Å². The van der Waals surface area contributed by atoms with Crippen LogP contribution in [0.2, 0.25) is 10.0 Å². The largest absolute Gasteiger partial charge is 0.313 e. The molecule has 16 heavy (non-hydrogen) atoms. The van der Waals surface area contributed by atoms with E-state index in [0.717, 1.165) is 27.2 Å². The first-order valence-corrected chi connectivity index (χ1v) is 7.32. The second-order valence-electron chi connectivity index (χ2n) is 4.01. The molecule has 1 aliphatic rings. The van der Waals surface area contributed by atoms with E-state index in [2.05, 4.69) is 5.32 Å². The minimum atomic E-state index is 0.603. The Hall–Kier alpha value is 0.110. The topological polar surface area (TPSA) is 12.0 Å². The maximum atomic E-state index is 6.12. The molecule has 4 heteroatoms. The van der Waals surface area contributed by atoms with Crippen LogP contribution in [0.1, 0.15) is 19.3 Å². The van der Waals surface area contributed by atoms with Crippen molar-refractivity contribution in [2.75, 3.05) is 12.3 Å². The van der Waals surface area contributed by atoms with Gasteiger partial charge in [0.1, 0.15) is 0 Å². The van der Waals surface area contributed by atoms with Crippen molar-refractivity contribution >= 4 is 35.0 Å². The van der Waals surface area contributed by atoms with E-state index in [4.69, 9.17) is 23.2 Å². The standard InChI is InChI=1S/C12H15Cl2NS/c13-10-5-3-6-11(14)12(10)16-8-9-4-1-2-7-15-9/h3,5-6,9,15H,1-2,4,7-8H2/t9-/m0/s1. The third-order valence-corrected chi connectivity index (χ3v) is 4.91. The van der Waals surface area contributed by atoms with Crippen LogP contribution in [0.5, 0.6) is 0 Å². The Bertz CT molecular complexity index is 331. The molecule has 1 heterocycles. The second-order valence-corrected chi connectivity index (χ2v) is 5.85. The van der Waals surface area contributed by atoms with Gasteiger partial charge in [0.2, 0.25) is 0 Å². The van der Waals surface area contributed by atoms with Crippen molar-refractivity contribution in [1.29, 1.82) is 0 Å². The van der Waals surface area contributed by atoms with Gasteiger partial charge in [-0.3, -0.25) is 0 Å². The number of rotatable bonds is 3. The molecule has 1 aromatic carbocycles. The van der Waals surface area contributed by atoms with E-state index in [1.165, 1.54) is 19.3 Å². The molecule has 1 atom stereocenters. The Kier molecular flexibility index (Phi) is 4.83. The maximum Gasteiger partial charge on any atom is 0.0556 e. The van der Waals surface area contributed by atoms with Crippen LogP contribution in [0.4, 0.5) is 0 Å². The number of hydrogen-bond donors (Lipinski definition) is 1. The number of benzene rings is 1. The third kappa shape index (κ3) is 3.30. The summed E-state index contributed by atoms with van der Waals surface area (Å²) < 4.78 is 0. The van der Waals surface area contributed by atoms with E-state index in [-0.39, 0.29) is 0 Å². The average molecular weight is 276 g/mol. The predicted molar refractivity (Wildman–Crippen MR) is 72.8 cm³/mol. The molecule has 1 nitrogen and oxygen atoms in total. The van der Waals surface area contributed by atoms with E-state index >= 15 is 0 Å². The van der Waals surface area contributed by atoms with Gasteiger partial charge in [-0.1, -0.05) is 35.7 Å². The predicted octanol–water partition coefficient (Wildman–Crippen LogP) is 4.23. The number of hydrogen-bond acceptors (Lipinski definition) is 2. The minimum absolute atomic E-state index is 0.603. The molecule has 1 aliphatic heterocycles. The summed E-state index contributed by atoms with van der Waals surface area (Å²) in [6.45, 7) is 1.14. The Morgan fingerprint density at radius 3 is 2.62 bits per heavy atom. The maximum absolute atomic E-state index is 6.12. The average Bonchev–Trinajstić information content (AvgIpc) is 2.30. The number of nitrogens with one attached hydrogen (secondary N) is 1. The van der Waals surface area contributed by atoms with Crippen molar-refractivity contribution in [2.45, 2.75) is 30.2 Å². The van der Waals surface area contributed by atoms with Gasteiger partial charge in [-0.05, 0) is 31.5 Å². The zero-order valence-corrected chi connectivity index (χ0v) is 11.3. The van der Waals surface area contributed by atoms with E-state index in [1.54, 1.807) is 11.8 Å². The van der Waals surface area contributed by atoms with Gasteiger partial charge in [0.05, 0.1) is 10.0 Å². The lowest BCUT2D eigenvalue weighted by Crippen LogP contribution is -2.35. The molecule has 1 fully saturated rings. The van der Waals surface area contributed by atoms with Crippen molar-refractivity contribution in [3.05, 3.63) is 28.2 Å². The molecule has 0 bridgehead atoms. The molecular formula is C12H15Cl2NS. The lowest BCUT2D eigenvalue weighted by atomic mass is 10.1. The number of halogens is 2. The quantitative estimate of drug-likeness (QED) is 0.829. The van der Waals surface area contributed by atoms with Crippen molar-refractivity contribution < 1.29 is 0 Å². The van der Waals surface area contributed by atoms with E-state index in [0.29, 0.717) is 6.04 Å². The van der Waals surface area contributed by atoms with Gasteiger partial charge < -0.3 is 5.32 Å². The highest BCUT2D eigenvalue weighted by Crippen LogP contribution is 2.34. The van der Waals surface area contributed by atoms with E-state index in [1.807, 2.05) is 18.2 Å². The van der Waals surface area contributed by atoms with E-state index < -0.39 is 0 Å².